The van der Waals surface area contributed by atoms with Crippen LogP contribution in [-0.2, 0) is 13.0 Å². The first-order valence-corrected chi connectivity index (χ1v) is 10.1. The van der Waals surface area contributed by atoms with E-state index in [1.165, 1.54) is 10.9 Å². The van der Waals surface area contributed by atoms with Gasteiger partial charge in [-0.15, -0.1) is 11.3 Å². The van der Waals surface area contributed by atoms with Crippen LogP contribution in [0.4, 0.5) is 10.7 Å². The van der Waals surface area contributed by atoms with Crippen molar-refractivity contribution in [2.24, 2.45) is 0 Å². The number of nitrogens with one attached hydrogen (secondary N) is 2. The number of rotatable bonds is 3. The van der Waals surface area contributed by atoms with Crippen molar-refractivity contribution in [2.45, 2.75) is 19.1 Å². The molecule has 29 heavy (non-hydrogen) atoms. The molecule has 4 heterocycles. The third-order valence-electron chi connectivity index (χ3n) is 5.30. The molecule has 0 saturated carbocycles. The van der Waals surface area contributed by atoms with Gasteiger partial charge in [-0.25, -0.2) is 0 Å². The Hall–Kier alpha value is -3.17. The lowest BCUT2D eigenvalue weighted by molar-refractivity contribution is -0.384. The Kier molecular flexibility index (Phi) is 4.14. The minimum atomic E-state index is -0.524. The molecule has 1 atom stereocenters. The number of anilines is 1. The van der Waals surface area contributed by atoms with Gasteiger partial charge in [-0.3, -0.25) is 14.9 Å². The van der Waals surface area contributed by atoms with E-state index in [-0.39, 0.29) is 11.6 Å². The summed E-state index contributed by atoms with van der Waals surface area (Å²) in [4.78, 5) is 27.1. The van der Waals surface area contributed by atoms with Gasteiger partial charge in [0.1, 0.15) is 16.5 Å². The predicted molar refractivity (Wildman–Crippen MR) is 109 cm³/mol. The van der Waals surface area contributed by atoms with Crippen LogP contribution >= 0.6 is 11.3 Å². The number of furan rings is 1. The lowest BCUT2D eigenvalue weighted by atomic mass is 10.0. The largest absolute Gasteiger partial charge is 0.457 e. The van der Waals surface area contributed by atoms with Gasteiger partial charge in [-0.05, 0) is 37.2 Å². The number of carbonyl (C=O) groups is 1. The normalized spacial score (nSPS) is 18.5. The Labute approximate surface area is 170 Å². The van der Waals surface area contributed by atoms with Gasteiger partial charge in [0.25, 0.3) is 11.6 Å². The number of para-hydroxylation sites is 1. The summed E-state index contributed by atoms with van der Waals surface area (Å²) in [6.45, 7) is 1.78. The van der Waals surface area contributed by atoms with Crippen molar-refractivity contribution in [2.75, 3.05) is 18.9 Å². The quantitative estimate of drug-likeness (QED) is 0.504. The number of nitrogens with zero attached hydrogens (tertiary/aromatic N) is 2. The summed E-state index contributed by atoms with van der Waals surface area (Å²) in [5, 5.41) is 18.5. The Balaban J connectivity index is 1.46. The fourth-order valence-corrected chi connectivity index (χ4v) is 5.23. The number of nitro benzene ring substituents is 1. The molecule has 0 bridgehead atoms. The number of hydrogen-bond acceptors (Lipinski definition) is 7. The number of thiophene rings is 1. The van der Waals surface area contributed by atoms with Gasteiger partial charge < -0.3 is 20.0 Å². The summed E-state index contributed by atoms with van der Waals surface area (Å²) in [7, 11) is 2.07. The van der Waals surface area contributed by atoms with Crippen molar-refractivity contribution < 1.29 is 14.1 Å². The van der Waals surface area contributed by atoms with Gasteiger partial charge >= 0.3 is 0 Å². The summed E-state index contributed by atoms with van der Waals surface area (Å²) in [6, 6.07) is 9.86. The lowest BCUT2D eigenvalue weighted by Gasteiger charge is -2.26. The van der Waals surface area contributed by atoms with E-state index in [0.29, 0.717) is 17.1 Å². The average Bonchev–Trinajstić information content (AvgIpc) is 3.32. The van der Waals surface area contributed by atoms with Crippen molar-refractivity contribution >= 4 is 27.9 Å². The fourth-order valence-electron chi connectivity index (χ4n) is 3.88. The van der Waals surface area contributed by atoms with E-state index in [9.17, 15) is 14.9 Å². The van der Waals surface area contributed by atoms with Gasteiger partial charge in [0, 0.05) is 24.0 Å². The second-order valence-corrected chi connectivity index (χ2v) is 8.33. The molecule has 148 valence electrons. The monoisotopic (exact) mass is 410 g/mol. The maximum Gasteiger partial charge on any atom is 0.280 e. The highest BCUT2D eigenvalue weighted by Gasteiger charge is 2.34. The van der Waals surface area contributed by atoms with Gasteiger partial charge in [-0.2, -0.15) is 0 Å². The number of nitro groups is 1. The minimum Gasteiger partial charge on any atom is -0.457 e. The highest BCUT2D eigenvalue weighted by atomic mass is 32.1. The van der Waals surface area contributed by atoms with E-state index < -0.39 is 11.1 Å². The second kappa shape index (κ2) is 6.71. The third kappa shape index (κ3) is 2.99. The Morgan fingerprint density at radius 1 is 1.24 bits per heavy atom. The van der Waals surface area contributed by atoms with E-state index in [4.69, 9.17) is 4.42 Å². The van der Waals surface area contributed by atoms with Crippen molar-refractivity contribution in [1.82, 2.24) is 10.2 Å². The highest BCUT2D eigenvalue weighted by Crippen LogP contribution is 2.41. The van der Waals surface area contributed by atoms with Crippen molar-refractivity contribution in [3.63, 3.8) is 0 Å². The molecule has 0 fully saturated rings. The van der Waals surface area contributed by atoms with Crippen LogP contribution in [0.15, 0.2) is 40.8 Å². The molecular formula is C20H18N4O4S. The van der Waals surface area contributed by atoms with Crippen LogP contribution in [0.2, 0.25) is 0 Å². The standard InChI is InChI=1S/C20H18N4O4S/c1-23-9-8-12-16(10-23)29-20-17(12)19(25)21-18(22-20)15-7-6-14(28-15)11-4-2-3-5-13(11)24(26)27/h2-7,18,22H,8-10H2,1H3,(H,21,25)/t18-/m1/s1. The first-order chi connectivity index (χ1) is 14.0. The molecule has 1 amide bonds. The molecular weight excluding hydrogens is 392 g/mol. The lowest BCUT2D eigenvalue weighted by Crippen LogP contribution is -2.38. The minimum absolute atomic E-state index is 0.0219. The molecule has 1 aromatic carbocycles. The molecule has 0 aliphatic carbocycles. The van der Waals surface area contributed by atoms with Crippen LogP contribution in [0.5, 0.6) is 0 Å². The summed E-state index contributed by atoms with van der Waals surface area (Å²) < 4.78 is 5.90. The smallest absolute Gasteiger partial charge is 0.280 e. The Morgan fingerprint density at radius 2 is 2.07 bits per heavy atom. The molecule has 0 spiro atoms. The van der Waals surface area contributed by atoms with Crippen LogP contribution < -0.4 is 10.6 Å². The summed E-state index contributed by atoms with van der Waals surface area (Å²) in [6.07, 6.45) is 0.337. The molecule has 0 radical (unpaired) electrons. The van der Waals surface area contributed by atoms with Crippen LogP contribution in [0, 0.1) is 10.1 Å². The molecule has 2 N–H and O–H groups in total. The molecule has 0 unspecified atom stereocenters. The highest BCUT2D eigenvalue weighted by molar-refractivity contribution is 7.16. The first-order valence-electron chi connectivity index (χ1n) is 9.25. The van der Waals surface area contributed by atoms with Crippen LogP contribution in [0.1, 0.15) is 32.7 Å². The number of amides is 1. The molecule has 2 aliphatic rings. The van der Waals surface area contributed by atoms with Crippen molar-refractivity contribution in [3.05, 3.63) is 68.3 Å². The van der Waals surface area contributed by atoms with Crippen LogP contribution in [-0.4, -0.2) is 29.3 Å². The zero-order chi connectivity index (χ0) is 20.1. The maximum atomic E-state index is 12.8. The predicted octanol–water partition coefficient (Wildman–Crippen LogP) is 3.76. The number of fused-ring (bicyclic) bond motifs is 3. The molecule has 3 aromatic rings. The third-order valence-corrected chi connectivity index (χ3v) is 6.45. The summed E-state index contributed by atoms with van der Waals surface area (Å²) in [5.41, 5.74) is 2.25. The van der Waals surface area contributed by atoms with Gasteiger partial charge in [0.15, 0.2) is 6.17 Å². The van der Waals surface area contributed by atoms with Crippen molar-refractivity contribution in [1.29, 1.82) is 0 Å². The first kappa shape index (κ1) is 17.9. The van der Waals surface area contributed by atoms with Crippen molar-refractivity contribution in [3.8, 4) is 11.3 Å². The van der Waals surface area contributed by atoms with Crippen LogP contribution in [0.3, 0.4) is 0 Å². The van der Waals surface area contributed by atoms with E-state index in [0.717, 1.165) is 35.6 Å². The fraction of sp³-hybridized carbons (Fsp3) is 0.250. The summed E-state index contributed by atoms with van der Waals surface area (Å²) >= 11 is 1.61. The molecule has 9 heteroatoms. The number of hydrogen-bond donors (Lipinski definition) is 2. The molecule has 8 nitrogen and oxygen atoms in total. The zero-order valence-corrected chi connectivity index (χ0v) is 16.4. The number of likely N-dealkylation sites (N-methyl/N-ethyl adjacent to an activating group) is 1. The number of carbonyl (C=O) groups excluding carboxylic acids is 1. The van der Waals surface area contributed by atoms with Crippen LogP contribution in [0.25, 0.3) is 11.3 Å². The topological polar surface area (TPSA) is 101 Å². The molecule has 5 rings (SSSR count). The van der Waals surface area contributed by atoms with Gasteiger partial charge in [-0.1, -0.05) is 12.1 Å². The summed E-state index contributed by atoms with van der Waals surface area (Å²) in [5.74, 6) is 0.774. The average molecular weight is 410 g/mol. The maximum absolute atomic E-state index is 12.8. The SMILES string of the molecule is CN1CCc2c(sc3c2C(=O)N[C@@H](c2ccc(-c4ccccc4[N+](=O)[O-])o2)N3)C1. The van der Waals surface area contributed by atoms with E-state index >= 15 is 0 Å². The molecule has 2 aromatic heterocycles. The van der Waals surface area contributed by atoms with E-state index in [1.54, 1.807) is 41.7 Å². The second-order valence-electron chi connectivity index (χ2n) is 7.22. The Bertz CT molecular complexity index is 1140. The van der Waals surface area contributed by atoms with E-state index in [1.807, 2.05) is 0 Å². The Morgan fingerprint density at radius 3 is 2.90 bits per heavy atom. The van der Waals surface area contributed by atoms with Gasteiger partial charge in [0.2, 0.25) is 0 Å². The number of benzene rings is 1. The van der Waals surface area contributed by atoms with Gasteiger partial charge in [0.05, 0.1) is 16.1 Å². The zero-order valence-electron chi connectivity index (χ0n) is 15.6. The molecule has 2 aliphatic heterocycles. The molecule has 0 saturated heterocycles. The van der Waals surface area contributed by atoms with E-state index in [2.05, 4.69) is 22.6 Å².